The van der Waals surface area contributed by atoms with E-state index in [1.807, 2.05) is 36.4 Å². The van der Waals surface area contributed by atoms with Gasteiger partial charge < -0.3 is 20.7 Å². The Labute approximate surface area is 220 Å². The second-order valence-electron chi connectivity index (χ2n) is 8.95. The molecule has 0 atom stereocenters. The van der Waals surface area contributed by atoms with Gasteiger partial charge in [-0.1, -0.05) is 42.8 Å². The number of carbonyl (C=O) groups excluding carboxylic acids is 1. The van der Waals surface area contributed by atoms with Gasteiger partial charge in [0.05, 0.1) is 0 Å². The predicted octanol–water partition coefficient (Wildman–Crippen LogP) is 3.61. The highest BCUT2D eigenvalue weighted by molar-refractivity contribution is 7.80. The second kappa shape index (κ2) is 16.7. The third kappa shape index (κ3) is 11.6. The quantitative estimate of drug-likeness (QED) is 0.204. The first-order chi connectivity index (χ1) is 17.7. The average molecular weight is 510 g/mol. The molecule has 1 fully saturated rings. The monoisotopic (exact) mass is 509 g/mol. The van der Waals surface area contributed by atoms with Crippen LogP contribution in [0.1, 0.15) is 43.2 Å². The Morgan fingerprint density at radius 2 is 1.81 bits per heavy atom. The maximum atomic E-state index is 12.0. The van der Waals surface area contributed by atoms with Crippen LogP contribution in [0.15, 0.2) is 60.8 Å². The smallest absolute Gasteiger partial charge is 0.220 e. The molecule has 2 heterocycles. The third-order valence-corrected chi connectivity index (χ3v) is 6.26. The van der Waals surface area contributed by atoms with Crippen LogP contribution in [0, 0.1) is 0 Å². The number of nitrogens with zero attached hydrogens (tertiary/aromatic N) is 2. The van der Waals surface area contributed by atoms with Gasteiger partial charge in [0.1, 0.15) is 6.61 Å². The molecular formula is C28H39N5O2S. The molecule has 1 amide bonds. The summed E-state index contributed by atoms with van der Waals surface area (Å²) in [7, 11) is 0. The number of benzene rings is 1. The summed E-state index contributed by atoms with van der Waals surface area (Å²) in [6, 6.07) is 14.4. The summed E-state index contributed by atoms with van der Waals surface area (Å²) in [5, 5.41) is 9.87. The zero-order chi connectivity index (χ0) is 25.3. The lowest BCUT2D eigenvalue weighted by atomic mass is 10.1. The number of carbonyl (C=O) groups is 1. The van der Waals surface area contributed by atoms with Crippen molar-refractivity contribution in [3.8, 4) is 5.88 Å². The third-order valence-electron chi connectivity index (χ3n) is 5.97. The van der Waals surface area contributed by atoms with Crippen LogP contribution in [-0.4, -0.2) is 60.2 Å². The van der Waals surface area contributed by atoms with Crippen LogP contribution >= 0.6 is 12.2 Å². The molecule has 0 aliphatic carbocycles. The lowest BCUT2D eigenvalue weighted by molar-refractivity contribution is -0.120. The van der Waals surface area contributed by atoms with Crippen molar-refractivity contribution in [2.24, 2.45) is 0 Å². The largest absolute Gasteiger partial charge is 0.473 e. The first kappa shape index (κ1) is 27.6. The van der Waals surface area contributed by atoms with E-state index in [4.69, 9.17) is 17.0 Å². The number of amides is 1. The maximum absolute atomic E-state index is 12.0. The Morgan fingerprint density at radius 1 is 1.00 bits per heavy atom. The van der Waals surface area contributed by atoms with Crippen molar-refractivity contribution < 1.29 is 9.53 Å². The number of piperidine rings is 1. The molecule has 8 heteroatoms. The molecule has 7 nitrogen and oxygen atoms in total. The molecule has 1 aromatic carbocycles. The van der Waals surface area contributed by atoms with E-state index in [9.17, 15) is 4.79 Å². The SMILES string of the molecule is O=C(CCCNC(=S)NCCc1ccccc1)NC/C=C\COc1cc(CN2CCCCC2)ccn1. The Morgan fingerprint density at radius 3 is 2.64 bits per heavy atom. The van der Waals surface area contributed by atoms with Gasteiger partial charge >= 0.3 is 0 Å². The van der Waals surface area contributed by atoms with Crippen LogP contribution in [-0.2, 0) is 17.8 Å². The molecule has 0 unspecified atom stereocenters. The van der Waals surface area contributed by atoms with Crippen molar-refractivity contribution in [2.45, 2.75) is 45.1 Å². The van der Waals surface area contributed by atoms with Crippen molar-refractivity contribution in [2.75, 3.05) is 39.3 Å². The number of hydrogen-bond donors (Lipinski definition) is 3. The normalized spacial score (nSPS) is 13.9. The predicted molar refractivity (Wildman–Crippen MR) is 149 cm³/mol. The maximum Gasteiger partial charge on any atom is 0.220 e. The number of likely N-dealkylation sites (tertiary alicyclic amines) is 1. The van der Waals surface area contributed by atoms with Gasteiger partial charge in [0.2, 0.25) is 11.8 Å². The molecule has 1 aliphatic rings. The summed E-state index contributed by atoms with van der Waals surface area (Å²) in [5.74, 6) is 0.663. The van der Waals surface area contributed by atoms with E-state index in [2.05, 4.69) is 44.0 Å². The standard InChI is InChI=1S/C28H39N5O2S/c34-26(12-9-16-31-28(36)32-18-13-24-10-3-1-4-11-24)29-15-5-8-21-35-27-22-25(14-17-30-27)23-33-19-6-2-7-20-33/h1,3-5,8,10-11,14,17,22H,2,6-7,9,12-13,15-16,18-21,23H2,(H,29,34)(H2,31,32,36)/b8-5-. The van der Waals surface area contributed by atoms with E-state index in [1.165, 1.54) is 43.5 Å². The number of ether oxygens (including phenoxy) is 1. The van der Waals surface area contributed by atoms with Crippen molar-refractivity contribution in [1.29, 1.82) is 0 Å². The average Bonchev–Trinajstić information content (AvgIpc) is 2.90. The molecule has 0 radical (unpaired) electrons. The minimum Gasteiger partial charge on any atom is -0.473 e. The minimum absolute atomic E-state index is 0.0254. The highest BCUT2D eigenvalue weighted by Gasteiger charge is 2.10. The fraction of sp³-hybridized carbons (Fsp3) is 0.464. The zero-order valence-electron chi connectivity index (χ0n) is 21.1. The van der Waals surface area contributed by atoms with Gasteiger partial charge in [0, 0.05) is 44.9 Å². The molecule has 3 N–H and O–H groups in total. The summed E-state index contributed by atoms with van der Waals surface area (Å²) in [6.45, 7) is 5.65. The number of rotatable bonds is 14. The fourth-order valence-corrected chi connectivity index (χ4v) is 4.23. The Hall–Kier alpha value is -2.97. The fourth-order valence-electron chi connectivity index (χ4n) is 4.03. The van der Waals surface area contributed by atoms with Crippen LogP contribution < -0.4 is 20.7 Å². The molecule has 1 aromatic heterocycles. The lowest BCUT2D eigenvalue weighted by Crippen LogP contribution is -2.37. The van der Waals surface area contributed by atoms with Gasteiger partial charge in [0.25, 0.3) is 0 Å². The molecule has 0 bridgehead atoms. The summed E-state index contributed by atoms with van der Waals surface area (Å²) >= 11 is 5.29. The topological polar surface area (TPSA) is 78.5 Å². The summed E-state index contributed by atoms with van der Waals surface area (Å²) in [4.78, 5) is 18.8. The molecule has 0 saturated carbocycles. The van der Waals surface area contributed by atoms with Crippen LogP contribution in [0.25, 0.3) is 0 Å². The summed E-state index contributed by atoms with van der Waals surface area (Å²) in [6.07, 6.45) is 11.6. The van der Waals surface area contributed by atoms with Crippen LogP contribution in [0.3, 0.4) is 0 Å². The van der Waals surface area contributed by atoms with Crippen LogP contribution in [0.2, 0.25) is 0 Å². The Kier molecular flexibility index (Phi) is 12.8. The van der Waals surface area contributed by atoms with E-state index in [-0.39, 0.29) is 5.91 Å². The molecule has 3 rings (SSSR count). The number of pyridine rings is 1. The van der Waals surface area contributed by atoms with Gasteiger partial charge in [0.15, 0.2) is 5.11 Å². The molecule has 0 spiro atoms. The van der Waals surface area contributed by atoms with E-state index in [0.717, 1.165) is 25.9 Å². The number of hydrogen-bond acceptors (Lipinski definition) is 5. The minimum atomic E-state index is 0.0254. The van der Waals surface area contributed by atoms with E-state index in [0.29, 0.717) is 37.1 Å². The van der Waals surface area contributed by atoms with Gasteiger partial charge in [-0.05, 0) is 74.3 Å². The second-order valence-corrected chi connectivity index (χ2v) is 9.36. The Bertz CT molecular complexity index is 948. The lowest BCUT2D eigenvalue weighted by Gasteiger charge is -2.26. The van der Waals surface area contributed by atoms with Crippen molar-refractivity contribution in [3.05, 3.63) is 71.9 Å². The number of aromatic nitrogens is 1. The van der Waals surface area contributed by atoms with Gasteiger partial charge in [-0.25, -0.2) is 4.98 Å². The summed E-state index contributed by atoms with van der Waals surface area (Å²) in [5.41, 5.74) is 2.51. The first-order valence-electron chi connectivity index (χ1n) is 13.0. The summed E-state index contributed by atoms with van der Waals surface area (Å²) < 4.78 is 5.74. The highest BCUT2D eigenvalue weighted by Crippen LogP contribution is 2.15. The van der Waals surface area contributed by atoms with E-state index in [1.54, 1.807) is 6.20 Å². The molecular weight excluding hydrogens is 470 g/mol. The Balaban J connectivity index is 1.18. The molecule has 1 saturated heterocycles. The molecule has 1 aliphatic heterocycles. The van der Waals surface area contributed by atoms with E-state index < -0.39 is 0 Å². The molecule has 36 heavy (non-hydrogen) atoms. The van der Waals surface area contributed by atoms with Gasteiger partial charge in [-0.2, -0.15) is 0 Å². The number of thiocarbonyl (C=S) groups is 1. The highest BCUT2D eigenvalue weighted by atomic mass is 32.1. The first-order valence-corrected chi connectivity index (χ1v) is 13.4. The molecule has 194 valence electrons. The van der Waals surface area contributed by atoms with Gasteiger partial charge in [-0.15, -0.1) is 0 Å². The van der Waals surface area contributed by atoms with Crippen molar-refractivity contribution in [1.82, 2.24) is 25.8 Å². The van der Waals surface area contributed by atoms with Crippen molar-refractivity contribution >= 4 is 23.2 Å². The van der Waals surface area contributed by atoms with Gasteiger partial charge in [-0.3, -0.25) is 9.69 Å². The zero-order valence-corrected chi connectivity index (χ0v) is 21.9. The van der Waals surface area contributed by atoms with Crippen LogP contribution in [0.5, 0.6) is 5.88 Å². The van der Waals surface area contributed by atoms with E-state index >= 15 is 0 Å². The van der Waals surface area contributed by atoms with Crippen LogP contribution in [0.4, 0.5) is 0 Å². The number of nitrogens with one attached hydrogen (secondary N) is 3. The van der Waals surface area contributed by atoms with Crippen molar-refractivity contribution in [3.63, 3.8) is 0 Å². The molecule has 2 aromatic rings.